The molecule has 0 aromatic heterocycles. The van der Waals surface area contributed by atoms with Crippen molar-refractivity contribution in [2.45, 2.75) is 38.1 Å². The van der Waals surface area contributed by atoms with Crippen molar-refractivity contribution in [1.82, 2.24) is 0 Å². The van der Waals surface area contributed by atoms with E-state index in [2.05, 4.69) is 6.92 Å². The van der Waals surface area contributed by atoms with Gasteiger partial charge in [0.15, 0.2) is 0 Å². The average Bonchev–Trinajstić information content (AvgIpc) is 2.51. The molecule has 1 saturated heterocycles. The zero-order valence-corrected chi connectivity index (χ0v) is 6.08. The van der Waals surface area contributed by atoms with Crippen LogP contribution in [0.1, 0.15) is 19.8 Å². The van der Waals surface area contributed by atoms with Gasteiger partial charge in [0, 0.05) is 5.92 Å². The molecule has 1 aliphatic heterocycles. The van der Waals surface area contributed by atoms with E-state index in [0.29, 0.717) is 23.5 Å². The molecule has 3 rings (SSSR count). The number of rotatable bonds is 0. The zero-order chi connectivity index (χ0) is 6.93. The van der Waals surface area contributed by atoms with E-state index < -0.39 is 0 Å². The third kappa shape index (κ3) is 0.424. The van der Waals surface area contributed by atoms with Gasteiger partial charge in [0.2, 0.25) is 0 Å². The number of aliphatic hydroxyl groups excluding tert-OH is 1. The summed E-state index contributed by atoms with van der Waals surface area (Å²) in [5.74, 6) is 0.481. The molecule has 0 radical (unpaired) electrons. The van der Waals surface area contributed by atoms with Gasteiger partial charge in [-0.1, -0.05) is 6.92 Å². The molecule has 2 saturated carbocycles. The van der Waals surface area contributed by atoms with Crippen LogP contribution in [0.25, 0.3) is 0 Å². The summed E-state index contributed by atoms with van der Waals surface area (Å²) in [5, 5.41) is 9.50. The molecule has 1 N–H and O–H groups in total. The summed E-state index contributed by atoms with van der Waals surface area (Å²) in [5.41, 5.74) is 0.342. The van der Waals surface area contributed by atoms with Crippen LogP contribution in [0.4, 0.5) is 0 Å². The molecule has 2 aliphatic carbocycles. The van der Waals surface area contributed by atoms with Crippen molar-refractivity contribution in [3.05, 3.63) is 0 Å². The molecule has 0 aromatic carbocycles. The number of aliphatic hydroxyl groups is 1. The fourth-order valence-corrected chi connectivity index (χ4v) is 2.96. The van der Waals surface area contributed by atoms with Crippen molar-refractivity contribution in [3.63, 3.8) is 0 Å². The van der Waals surface area contributed by atoms with E-state index in [4.69, 9.17) is 4.74 Å². The Labute approximate surface area is 60.2 Å². The summed E-state index contributed by atoms with van der Waals surface area (Å²) in [6, 6.07) is 0. The third-order valence-corrected chi connectivity index (χ3v) is 3.51. The summed E-state index contributed by atoms with van der Waals surface area (Å²) in [6.45, 7) is 2.24. The minimum atomic E-state index is -0.0613. The van der Waals surface area contributed by atoms with Gasteiger partial charge in [-0.05, 0) is 18.3 Å². The first-order valence-corrected chi connectivity index (χ1v) is 4.04. The lowest BCUT2D eigenvalue weighted by Crippen LogP contribution is -2.26. The van der Waals surface area contributed by atoms with Crippen LogP contribution in [0.5, 0.6) is 0 Å². The van der Waals surface area contributed by atoms with Crippen LogP contribution in [-0.4, -0.2) is 23.4 Å². The van der Waals surface area contributed by atoms with Gasteiger partial charge in [0.1, 0.15) is 0 Å². The Hall–Kier alpha value is -0.0800. The molecular formula is C8H12O2. The van der Waals surface area contributed by atoms with Gasteiger partial charge in [0.05, 0.1) is 18.3 Å². The Kier molecular flexibility index (Phi) is 0.710. The predicted molar refractivity (Wildman–Crippen MR) is 35.5 cm³/mol. The van der Waals surface area contributed by atoms with E-state index in [9.17, 15) is 5.11 Å². The Balaban J connectivity index is 2.01. The van der Waals surface area contributed by atoms with Gasteiger partial charge in [-0.15, -0.1) is 0 Å². The highest BCUT2D eigenvalue weighted by Gasteiger charge is 2.68. The van der Waals surface area contributed by atoms with Gasteiger partial charge >= 0.3 is 0 Å². The van der Waals surface area contributed by atoms with Crippen molar-refractivity contribution >= 4 is 0 Å². The molecular weight excluding hydrogens is 128 g/mol. The fourth-order valence-electron chi connectivity index (χ4n) is 2.96. The first-order chi connectivity index (χ1) is 4.71. The van der Waals surface area contributed by atoms with Crippen LogP contribution in [0.15, 0.2) is 0 Å². The van der Waals surface area contributed by atoms with Gasteiger partial charge in [0.25, 0.3) is 0 Å². The van der Waals surface area contributed by atoms with Gasteiger partial charge < -0.3 is 9.84 Å². The minimum Gasteiger partial charge on any atom is -0.393 e. The molecule has 2 bridgehead atoms. The van der Waals surface area contributed by atoms with Crippen LogP contribution in [0.2, 0.25) is 0 Å². The third-order valence-electron chi connectivity index (χ3n) is 3.51. The maximum Gasteiger partial charge on any atom is 0.0900 e. The largest absolute Gasteiger partial charge is 0.393 e. The fraction of sp³-hybridized carbons (Fsp3) is 1.00. The molecule has 3 fully saturated rings. The highest BCUT2D eigenvalue weighted by molar-refractivity contribution is 5.16. The molecule has 5 atom stereocenters. The number of ether oxygens (including phenoxy) is 1. The number of hydrogen-bond donors (Lipinski definition) is 1. The van der Waals surface area contributed by atoms with Crippen molar-refractivity contribution in [2.75, 3.05) is 0 Å². The molecule has 1 heterocycles. The Bertz CT molecular complexity index is 186. The number of fused-ring (bicyclic) bond motifs is 5. The van der Waals surface area contributed by atoms with E-state index >= 15 is 0 Å². The SMILES string of the molecule is CC12CC(O)C(C1)C1OC12. The quantitative estimate of drug-likeness (QED) is 0.498. The Morgan fingerprint density at radius 3 is 2.80 bits per heavy atom. The van der Waals surface area contributed by atoms with Crippen LogP contribution >= 0.6 is 0 Å². The summed E-state index contributed by atoms with van der Waals surface area (Å²) >= 11 is 0. The van der Waals surface area contributed by atoms with Crippen molar-refractivity contribution in [2.24, 2.45) is 11.3 Å². The molecule has 0 amide bonds. The lowest BCUT2D eigenvalue weighted by molar-refractivity contribution is 0.110. The van der Waals surface area contributed by atoms with E-state index in [1.807, 2.05) is 0 Å². The first kappa shape index (κ1) is 5.56. The second-order valence-electron chi connectivity index (χ2n) is 4.31. The normalized spacial score (nSPS) is 70.2. The summed E-state index contributed by atoms with van der Waals surface area (Å²) < 4.78 is 5.45. The van der Waals surface area contributed by atoms with Crippen LogP contribution < -0.4 is 0 Å². The van der Waals surface area contributed by atoms with E-state index in [0.717, 1.165) is 6.42 Å². The van der Waals surface area contributed by atoms with Gasteiger partial charge in [-0.25, -0.2) is 0 Å². The van der Waals surface area contributed by atoms with Crippen molar-refractivity contribution in [3.8, 4) is 0 Å². The highest BCUT2D eigenvalue weighted by Crippen LogP contribution is 2.63. The molecule has 5 unspecified atom stereocenters. The molecule has 56 valence electrons. The summed E-state index contributed by atoms with van der Waals surface area (Å²) in [4.78, 5) is 0. The maximum absolute atomic E-state index is 9.50. The first-order valence-electron chi connectivity index (χ1n) is 4.04. The molecule has 3 aliphatic rings. The lowest BCUT2D eigenvalue weighted by atomic mass is 9.85. The van der Waals surface area contributed by atoms with E-state index in [-0.39, 0.29) is 6.10 Å². The summed E-state index contributed by atoms with van der Waals surface area (Å²) in [7, 11) is 0. The standard InChI is InChI=1S/C8H12O2/c1-8-2-4(5(9)3-8)6-7(8)10-6/h4-7,9H,2-3H2,1H3. The second-order valence-corrected chi connectivity index (χ2v) is 4.31. The maximum atomic E-state index is 9.50. The highest BCUT2D eigenvalue weighted by atomic mass is 16.6. The monoisotopic (exact) mass is 140 g/mol. The molecule has 2 nitrogen and oxygen atoms in total. The molecule has 0 spiro atoms. The summed E-state index contributed by atoms with van der Waals surface area (Å²) in [6.07, 6.45) is 3.06. The van der Waals surface area contributed by atoms with E-state index in [1.165, 1.54) is 6.42 Å². The van der Waals surface area contributed by atoms with Crippen LogP contribution in [0, 0.1) is 11.3 Å². The van der Waals surface area contributed by atoms with Crippen molar-refractivity contribution in [1.29, 1.82) is 0 Å². The smallest absolute Gasteiger partial charge is 0.0900 e. The topological polar surface area (TPSA) is 32.8 Å². The van der Waals surface area contributed by atoms with Gasteiger partial charge in [-0.2, -0.15) is 0 Å². The average molecular weight is 140 g/mol. The molecule has 2 heteroatoms. The van der Waals surface area contributed by atoms with Crippen LogP contribution in [-0.2, 0) is 4.74 Å². The van der Waals surface area contributed by atoms with Crippen molar-refractivity contribution < 1.29 is 9.84 Å². The predicted octanol–water partition coefficient (Wildman–Crippen LogP) is 0.545. The zero-order valence-electron chi connectivity index (χ0n) is 6.08. The molecule has 0 aromatic rings. The number of epoxide rings is 1. The van der Waals surface area contributed by atoms with E-state index in [1.54, 1.807) is 0 Å². The Morgan fingerprint density at radius 2 is 2.30 bits per heavy atom. The molecule has 10 heavy (non-hydrogen) atoms. The second kappa shape index (κ2) is 1.28. The Morgan fingerprint density at radius 1 is 1.50 bits per heavy atom. The minimum absolute atomic E-state index is 0.0613. The van der Waals surface area contributed by atoms with Crippen LogP contribution in [0.3, 0.4) is 0 Å². The number of hydrogen-bond acceptors (Lipinski definition) is 2. The van der Waals surface area contributed by atoms with Gasteiger partial charge in [-0.3, -0.25) is 0 Å². The lowest BCUT2D eigenvalue weighted by Gasteiger charge is -2.19.